The Bertz CT molecular complexity index is 887. The summed E-state index contributed by atoms with van der Waals surface area (Å²) in [5.41, 5.74) is 7.88. The molecule has 1 aliphatic rings. The zero-order valence-corrected chi connectivity index (χ0v) is 14.8. The number of nitrogens with two attached hydrogens (primary N) is 1. The van der Waals surface area contributed by atoms with Crippen LogP contribution < -0.4 is 10.6 Å². The van der Waals surface area contributed by atoms with Crippen molar-refractivity contribution >= 4 is 29.5 Å². The summed E-state index contributed by atoms with van der Waals surface area (Å²) in [7, 11) is 0. The van der Waals surface area contributed by atoms with E-state index in [4.69, 9.17) is 10.5 Å². The summed E-state index contributed by atoms with van der Waals surface area (Å²) >= 11 is 0. The van der Waals surface area contributed by atoms with E-state index in [1.165, 1.54) is 6.08 Å². The Kier molecular flexibility index (Phi) is 5.66. The molecule has 2 aromatic rings. The molecule has 3 rings (SSSR count). The van der Waals surface area contributed by atoms with Gasteiger partial charge in [-0.1, -0.05) is 30.3 Å². The number of nitrogens with zero attached hydrogens (tertiary/aromatic N) is 1. The van der Waals surface area contributed by atoms with Crippen LogP contribution in [-0.4, -0.2) is 24.3 Å². The van der Waals surface area contributed by atoms with Gasteiger partial charge in [0.2, 0.25) is 11.8 Å². The molecule has 1 fully saturated rings. The molecule has 0 saturated carbocycles. The second kappa shape index (κ2) is 8.31. The SMILES string of the molecule is NC(=O)c1ccccc1COC(=O)C=Cc1ccc(N2CCCC2=O)cc1. The molecule has 1 aliphatic heterocycles. The van der Waals surface area contributed by atoms with Crippen LogP contribution in [0.5, 0.6) is 0 Å². The van der Waals surface area contributed by atoms with Crippen molar-refractivity contribution in [2.45, 2.75) is 19.4 Å². The zero-order valence-electron chi connectivity index (χ0n) is 14.8. The highest BCUT2D eigenvalue weighted by atomic mass is 16.5. The minimum absolute atomic E-state index is 0.0295. The van der Waals surface area contributed by atoms with Crippen LogP contribution >= 0.6 is 0 Å². The number of rotatable bonds is 6. The van der Waals surface area contributed by atoms with Crippen molar-refractivity contribution in [1.82, 2.24) is 0 Å². The second-order valence-electron chi connectivity index (χ2n) is 6.20. The molecule has 138 valence electrons. The van der Waals surface area contributed by atoms with E-state index < -0.39 is 11.9 Å². The Balaban J connectivity index is 1.57. The van der Waals surface area contributed by atoms with Crippen molar-refractivity contribution in [2.24, 2.45) is 5.73 Å². The van der Waals surface area contributed by atoms with E-state index in [1.54, 1.807) is 35.2 Å². The molecule has 6 nitrogen and oxygen atoms in total. The second-order valence-corrected chi connectivity index (χ2v) is 6.20. The van der Waals surface area contributed by atoms with Gasteiger partial charge < -0.3 is 15.4 Å². The van der Waals surface area contributed by atoms with Crippen molar-refractivity contribution in [3.05, 3.63) is 71.3 Å². The largest absolute Gasteiger partial charge is 0.458 e. The number of esters is 1. The Morgan fingerprint density at radius 3 is 2.52 bits per heavy atom. The predicted molar refractivity (Wildman–Crippen MR) is 102 cm³/mol. The molecule has 0 atom stereocenters. The maximum absolute atomic E-state index is 11.9. The average Bonchev–Trinajstić information content (AvgIpc) is 3.11. The number of hydrogen-bond acceptors (Lipinski definition) is 4. The third-order valence-corrected chi connectivity index (χ3v) is 4.34. The number of hydrogen-bond donors (Lipinski definition) is 1. The third kappa shape index (κ3) is 4.61. The van der Waals surface area contributed by atoms with Crippen LogP contribution in [-0.2, 0) is 20.9 Å². The first kappa shape index (κ1) is 18.4. The van der Waals surface area contributed by atoms with Crippen LogP contribution in [0.3, 0.4) is 0 Å². The molecular weight excluding hydrogens is 344 g/mol. The fourth-order valence-electron chi connectivity index (χ4n) is 2.93. The maximum Gasteiger partial charge on any atom is 0.331 e. The van der Waals surface area contributed by atoms with Gasteiger partial charge in [0.25, 0.3) is 0 Å². The Morgan fingerprint density at radius 2 is 1.85 bits per heavy atom. The number of benzene rings is 2. The Morgan fingerprint density at radius 1 is 1.11 bits per heavy atom. The molecule has 1 saturated heterocycles. The van der Waals surface area contributed by atoms with E-state index in [0.717, 1.165) is 24.2 Å². The molecule has 2 N–H and O–H groups in total. The van der Waals surface area contributed by atoms with Gasteiger partial charge in [0.15, 0.2) is 0 Å². The fraction of sp³-hybridized carbons (Fsp3) is 0.190. The van der Waals surface area contributed by atoms with Crippen LogP contribution in [0.2, 0.25) is 0 Å². The Hall–Kier alpha value is -3.41. The summed E-state index contributed by atoms with van der Waals surface area (Å²) in [5.74, 6) is -0.944. The normalized spacial score (nSPS) is 13.9. The minimum atomic E-state index is -0.561. The first-order valence-electron chi connectivity index (χ1n) is 8.67. The highest BCUT2D eigenvalue weighted by Gasteiger charge is 2.21. The lowest BCUT2D eigenvalue weighted by atomic mass is 10.1. The van der Waals surface area contributed by atoms with Gasteiger partial charge in [-0.25, -0.2) is 4.79 Å². The van der Waals surface area contributed by atoms with E-state index in [9.17, 15) is 14.4 Å². The minimum Gasteiger partial charge on any atom is -0.458 e. The lowest BCUT2D eigenvalue weighted by molar-refractivity contribution is -0.138. The van der Waals surface area contributed by atoms with Gasteiger partial charge in [-0.05, 0) is 36.3 Å². The molecule has 0 spiro atoms. The van der Waals surface area contributed by atoms with E-state index in [0.29, 0.717) is 17.5 Å². The topological polar surface area (TPSA) is 89.7 Å². The monoisotopic (exact) mass is 364 g/mol. The van der Waals surface area contributed by atoms with Gasteiger partial charge in [-0.3, -0.25) is 9.59 Å². The summed E-state index contributed by atoms with van der Waals surface area (Å²) in [6.45, 7) is 0.714. The number of carbonyl (C=O) groups excluding carboxylic acids is 3. The van der Waals surface area contributed by atoms with Gasteiger partial charge in [0.1, 0.15) is 6.61 Å². The first-order chi connectivity index (χ1) is 13.0. The summed E-state index contributed by atoms with van der Waals surface area (Å²) in [6.07, 6.45) is 4.43. The smallest absolute Gasteiger partial charge is 0.331 e. The number of primary amides is 1. The third-order valence-electron chi connectivity index (χ3n) is 4.34. The van der Waals surface area contributed by atoms with Gasteiger partial charge >= 0.3 is 5.97 Å². The summed E-state index contributed by atoms with van der Waals surface area (Å²) in [5, 5.41) is 0. The number of ether oxygens (including phenoxy) is 1. The molecular formula is C21H20N2O4. The van der Waals surface area contributed by atoms with E-state index in [1.807, 2.05) is 24.3 Å². The Labute approximate surface area is 157 Å². The van der Waals surface area contributed by atoms with Crippen LogP contribution in [0.1, 0.15) is 34.3 Å². The van der Waals surface area contributed by atoms with Crippen molar-refractivity contribution in [3.63, 3.8) is 0 Å². The highest BCUT2D eigenvalue weighted by molar-refractivity contribution is 5.95. The molecule has 0 unspecified atom stereocenters. The molecule has 0 aromatic heterocycles. The van der Waals surface area contributed by atoms with E-state index in [-0.39, 0.29) is 12.5 Å². The molecule has 0 radical (unpaired) electrons. The van der Waals surface area contributed by atoms with Gasteiger partial charge in [-0.15, -0.1) is 0 Å². The van der Waals surface area contributed by atoms with Crippen molar-refractivity contribution in [1.29, 1.82) is 0 Å². The molecule has 1 heterocycles. The number of amides is 2. The van der Waals surface area contributed by atoms with Crippen LogP contribution in [0, 0.1) is 0 Å². The van der Waals surface area contributed by atoms with Crippen molar-refractivity contribution < 1.29 is 19.1 Å². The van der Waals surface area contributed by atoms with Gasteiger partial charge in [0.05, 0.1) is 0 Å². The zero-order chi connectivity index (χ0) is 19.2. The lowest BCUT2D eigenvalue weighted by Crippen LogP contribution is -2.23. The molecule has 6 heteroatoms. The lowest BCUT2D eigenvalue weighted by Gasteiger charge is -2.15. The van der Waals surface area contributed by atoms with Crippen LogP contribution in [0.4, 0.5) is 5.69 Å². The number of carbonyl (C=O) groups is 3. The van der Waals surface area contributed by atoms with Crippen molar-refractivity contribution in [3.8, 4) is 0 Å². The maximum atomic E-state index is 11.9. The van der Waals surface area contributed by atoms with Crippen LogP contribution in [0.25, 0.3) is 6.08 Å². The molecule has 27 heavy (non-hydrogen) atoms. The first-order valence-corrected chi connectivity index (χ1v) is 8.67. The predicted octanol–water partition coefficient (Wildman–Crippen LogP) is 2.67. The van der Waals surface area contributed by atoms with Crippen molar-refractivity contribution in [2.75, 3.05) is 11.4 Å². The standard InChI is InChI=1S/C21H20N2O4/c22-21(26)18-5-2-1-4-16(18)14-27-20(25)12-9-15-7-10-17(11-8-15)23-13-3-6-19(23)24/h1-2,4-5,7-12H,3,6,13-14H2,(H2,22,26). The summed E-state index contributed by atoms with van der Waals surface area (Å²) in [6, 6.07) is 14.1. The average molecular weight is 364 g/mol. The molecule has 0 aliphatic carbocycles. The highest BCUT2D eigenvalue weighted by Crippen LogP contribution is 2.22. The fourth-order valence-corrected chi connectivity index (χ4v) is 2.93. The van der Waals surface area contributed by atoms with Gasteiger partial charge in [0, 0.05) is 35.9 Å². The quantitative estimate of drug-likeness (QED) is 0.630. The van der Waals surface area contributed by atoms with Gasteiger partial charge in [-0.2, -0.15) is 0 Å². The van der Waals surface area contributed by atoms with E-state index >= 15 is 0 Å². The molecule has 2 aromatic carbocycles. The van der Waals surface area contributed by atoms with E-state index in [2.05, 4.69) is 0 Å². The number of anilines is 1. The summed E-state index contributed by atoms with van der Waals surface area (Å²) < 4.78 is 5.17. The molecule has 0 bridgehead atoms. The molecule has 2 amide bonds. The van der Waals surface area contributed by atoms with Crippen LogP contribution in [0.15, 0.2) is 54.6 Å². The summed E-state index contributed by atoms with van der Waals surface area (Å²) in [4.78, 5) is 36.8.